The van der Waals surface area contributed by atoms with Gasteiger partial charge in [-0.15, -0.1) is 12.4 Å². The van der Waals surface area contributed by atoms with E-state index < -0.39 is 10.2 Å². The lowest BCUT2D eigenvalue weighted by Gasteiger charge is -2.27. The van der Waals surface area contributed by atoms with Gasteiger partial charge in [-0.1, -0.05) is 26.7 Å². The number of nitrogens with two attached hydrogens (primary N) is 1. The lowest BCUT2D eigenvalue weighted by molar-refractivity contribution is 0.378. The van der Waals surface area contributed by atoms with Gasteiger partial charge in [-0.3, -0.25) is 0 Å². The van der Waals surface area contributed by atoms with E-state index in [9.17, 15) is 8.42 Å². The van der Waals surface area contributed by atoms with Gasteiger partial charge >= 0.3 is 0 Å². The average molecular weight is 300 g/mol. The zero-order valence-corrected chi connectivity index (χ0v) is 12.9. The summed E-state index contributed by atoms with van der Waals surface area (Å²) in [6.45, 7) is 5.05. The Kier molecular flexibility index (Phi) is 8.38. The fourth-order valence-electron chi connectivity index (χ4n) is 2.53. The molecule has 0 aliphatic heterocycles. The monoisotopic (exact) mass is 299 g/mol. The Hall–Kier alpha value is 0.120. The van der Waals surface area contributed by atoms with Crippen molar-refractivity contribution in [1.82, 2.24) is 9.03 Å². The van der Waals surface area contributed by atoms with Gasteiger partial charge in [-0.25, -0.2) is 0 Å². The molecule has 1 saturated carbocycles. The van der Waals surface area contributed by atoms with Crippen molar-refractivity contribution in [3.63, 3.8) is 0 Å². The minimum atomic E-state index is -3.37. The second-order valence-electron chi connectivity index (χ2n) is 4.59. The van der Waals surface area contributed by atoms with Crippen LogP contribution in [0.2, 0.25) is 0 Å². The van der Waals surface area contributed by atoms with Crippen LogP contribution in [0, 0.1) is 5.92 Å². The van der Waals surface area contributed by atoms with E-state index in [0.717, 1.165) is 12.8 Å². The molecule has 7 heteroatoms. The maximum Gasteiger partial charge on any atom is 0.279 e. The molecule has 18 heavy (non-hydrogen) atoms. The molecule has 1 unspecified atom stereocenters. The number of nitrogens with zero attached hydrogens (tertiary/aromatic N) is 1. The van der Waals surface area contributed by atoms with Crippen LogP contribution in [0.3, 0.4) is 0 Å². The van der Waals surface area contributed by atoms with Gasteiger partial charge in [0.1, 0.15) is 0 Å². The van der Waals surface area contributed by atoms with Gasteiger partial charge < -0.3 is 5.73 Å². The first kappa shape index (κ1) is 18.1. The highest BCUT2D eigenvalue weighted by Gasteiger charge is 2.29. The van der Waals surface area contributed by atoms with Gasteiger partial charge in [-0.2, -0.15) is 17.4 Å². The minimum Gasteiger partial charge on any atom is -0.329 e. The quantitative estimate of drug-likeness (QED) is 0.739. The Morgan fingerprint density at radius 1 is 1.28 bits per heavy atom. The van der Waals surface area contributed by atoms with Crippen molar-refractivity contribution in [1.29, 1.82) is 0 Å². The molecule has 0 radical (unpaired) electrons. The van der Waals surface area contributed by atoms with E-state index in [1.165, 1.54) is 17.1 Å². The number of nitrogens with one attached hydrogen (secondary N) is 1. The molecule has 0 aromatic heterocycles. The maximum absolute atomic E-state index is 12.1. The largest absolute Gasteiger partial charge is 0.329 e. The Morgan fingerprint density at radius 2 is 1.78 bits per heavy atom. The summed E-state index contributed by atoms with van der Waals surface area (Å²) in [6, 6.07) is -0.108. The smallest absolute Gasteiger partial charge is 0.279 e. The van der Waals surface area contributed by atoms with Gasteiger partial charge in [-0.05, 0) is 18.8 Å². The molecular formula is C11H26ClN3O2S. The Labute approximate surface area is 117 Å². The Morgan fingerprint density at radius 3 is 2.17 bits per heavy atom. The standard InChI is InChI=1S/C11H25N3O2S.ClH/c1-3-14(4-2)17(15,16)13-11(9-12)10-7-5-6-8-10;/h10-11,13H,3-9,12H2,1-2H3;1H. The first-order valence-electron chi connectivity index (χ1n) is 6.52. The third-order valence-corrected chi connectivity index (χ3v) is 5.37. The zero-order valence-electron chi connectivity index (χ0n) is 11.3. The number of halogens is 1. The van der Waals surface area contributed by atoms with E-state index in [1.807, 2.05) is 13.8 Å². The van der Waals surface area contributed by atoms with Gasteiger partial charge in [0, 0.05) is 25.7 Å². The molecule has 0 amide bonds. The van der Waals surface area contributed by atoms with Crippen molar-refractivity contribution < 1.29 is 8.42 Å². The van der Waals surface area contributed by atoms with E-state index in [-0.39, 0.29) is 18.4 Å². The molecule has 0 aromatic rings. The van der Waals surface area contributed by atoms with Crippen LogP contribution in [-0.4, -0.2) is 38.4 Å². The summed E-state index contributed by atoms with van der Waals surface area (Å²) in [4.78, 5) is 0. The molecule has 3 N–H and O–H groups in total. The highest BCUT2D eigenvalue weighted by molar-refractivity contribution is 7.87. The molecule has 1 fully saturated rings. The molecule has 0 heterocycles. The molecule has 1 rings (SSSR count). The van der Waals surface area contributed by atoms with Crippen molar-refractivity contribution in [2.45, 2.75) is 45.6 Å². The molecule has 110 valence electrons. The zero-order chi connectivity index (χ0) is 12.9. The van der Waals surface area contributed by atoms with Crippen LogP contribution < -0.4 is 10.5 Å². The fourth-order valence-corrected chi connectivity index (χ4v) is 4.03. The molecule has 0 bridgehead atoms. The van der Waals surface area contributed by atoms with Gasteiger partial charge in [0.2, 0.25) is 0 Å². The van der Waals surface area contributed by atoms with Crippen LogP contribution in [0.15, 0.2) is 0 Å². The second kappa shape index (κ2) is 8.32. The molecular weight excluding hydrogens is 274 g/mol. The normalized spacial score (nSPS) is 18.9. The lowest BCUT2D eigenvalue weighted by atomic mass is 9.99. The summed E-state index contributed by atoms with van der Waals surface area (Å²) >= 11 is 0. The fraction of sp³-hybridized carbons (Fsp3) is 1.00. The predicted molar refractivity (Wildman–Crippen MR) is 77.0 cm³/mol. The van der Waals surface area contributed by atoms with Crippen molar-refractivity contribution in [2.75, 3.05) is 19.6 Å². The van der Waals surface area contributed by atoms with Crippen LogP contribution in [-0.2, 0) is 10.2 Å². The molecule has 1 aliphatic carbocycles. The predicted octanol–water partition coefficient (Wildman–Crippen LogP) is 1.10. The molecule has 1 aliphatic rings. The van der Waals surface area contributed by atoms with Crippen molar-refractivity contribution >= 4 is 22.6 Å². The summed E-state index contributed by atoms with van der Waals surface area (Å²) in [5, 5.41) is 0. The Bertz CT molecular complexity index is 314. The average Bonchev–Trinajstić information content (AvgIpc) is 2.80. The van der Waals surface area contributed by atoms with Crippen LogP contribution in [0.25, 0.3) is 0 Å². The summed E-state index contributed by atoms with van der Waals surface area (Å²) in [6.07, 6.45) is 4.55. The number of hydrogen-bond donors (Lipinski definition) is 2. The van der Waals surface area contributed by atoms with Crippen molar-refractivity contribution in [2.24, 2.45) is 11.7 Å². The highest BCUT2D eigenvalue weighted by atomic mass is 35.5. The summed E-state index contributed by atoms with van der Waals surface area (Å²) in [7, 11) is -3.37. The molecule has 1 atom stereocenters. The van der Waals surface area contributed by atoms with E-state index in [1.54, 1.807) is 0 Å². The van der Waals surface area contributed by atoms with Crippen molar-refractivity contribution in [3.05, 3.63) is 0 Å². The summed E-state index contributed by atoms with van der Waals surface area (Å²) < 4.78 is 28.4. The van der Waals surface area contributed by atoms with Gasteiger partial charge in [0.05, 0.1) is 0 Å². The number of hydrogen-bond acceptors (Lipinski definition) is 3. The van der Waals surface area contributed by atoms with E-state index in [2.05, 4.69) is 4.72 Å². The lowest BCUT2D eigenvalue weighted by Crippen LogP contribution is -2.50. The van der Waals surface area contributed by atoms with Crippen LogP contribution in [0.4, 0.5) is 0 Å². The molecule has 5 nitrogen and oxygen atoms in total. The van der Waals surface area contributed by atoms with E-state index in [4.69, 9.17) is 5.73 Å². The topological polar surface area (TPSA) is 75.4 Å². The first-order valence-corrected chi connectivity index (χ1v) is 7.96. The molecule has 0 saturated heterocycles. The Balaban J connectivity index is 0.00000289. The number of rotatable bonds is 7. The summed E-state index contributed by atoms with van der Waals surface area (Å²) in [5.74, 6) is 0.408. The third kappa shape index (κ3) is 4.66. The molecule has 0 spiro atoms. The minimum absolute atomic E-state index is 0. The van der Waals surface area contributed by atoms with Gasteiger partial charge in [0.15, 0.2) is 0 Å². The van der Waals surface area contributed by atoms with Gasteiger partial charge in [0.25, 0.3) is 10.2 Å². The van der Waals surface area contributed by atoms with Crippen LogP contribution in [0.1, 0.15) is 39.5 Å². The first-order chi connectivity index (χ1) is 8.05. The molecule has 0 aromatic carbocycles. The highest BCUT2D eigenvalue weighted by Crippen LogP contribution is 2.27. The SMILES string of the molecule is CCN(CC)S(=O)(=O)NC(CN)C1CCCC1.Cl. The maximum atomic E-state index is 12.1. The van der Waals surface area contributed by atoms with Crippen LogP contribution >= 0.6 is 12.4 Å². The third-order valence-electron chi connectivity index (χ3n) is 3.57. The van der Waals surface area contributed by atoms with Crippen molar-refractivity contribution in [3.8, 4) is 0 Å². The van der Waals surface area contributed by atoms with E-state index in [0.29, 0.717) is 25.6 Å². The summed E-state index contributed by atoms with van der Waals surface area (Å²) in [5.41, 5.74) is 5.70. The van der Waals surface area contributed by atoms with Crippen LogP contribution in [0.5, 0.6) is 0 Å². The van der Waals surface area contributed by atoms with E-state index >= 15 is 0 Å². The second-order valence-corrected chi connectivity index (χ2v) is 6.30.